The zero-order chi connectivity index (χ0) is 30.0. The summed E-state index contributed by atoms with van der Waals surface area (Å²) in [4.78, 5) is 38.1. The number of hydrogen-bond donors (Lipinski definition) is 3. The van der Waals surface area contributed by atoms with Crippen molar-refractivity contribution in [2.45, 2.75) is 32.5 Å². The van der Waals surface area contributed by atoms with Crippen LogP contribution in [0.3, 0.4) is 0 Å². The number of aryl methyl sites for hydroxylation is 1. The number of anilines is 2. The number of aromatic nitrogens is 5. The zero-order valence-electron chi connectivity index (χ0n) is 23.0. The van der Waals surface area contributed by atoms with E-state index in [-0.39, 0.29) is 29.2 Å². The molecule has 0 radical (unpaired) electrons. The number of nitrogens with zero attached hydrogens (tertiary/aromatic N) is 6. The van der Waals surface area contributed by atoms with E-state index >= 15 is 0 Å². The number of amides is 2. The number of halogens is 2. The van der Waals surface area contributed by atoms with E-state index in [0.29, 0.717) is 34.8 Å². The molecule has 0 bridgehead atoms. The molecule has 1 aliphatic heterocycles. The summed E-state index contributed by atoms with van der Waals surface area (Å²) >= 11 is 6.41. The minimum atomic E-state index is -0.897. The molecule has 0 saturated heterocycles. The Labute approximate surface area is 245 Å². The molecule has 0 aliphatic carbocycles. The molecule has 5 rings (SSSR count). The normalized spacial score (nSPS) is 14.0. The summed E-state index contributed by atoms with van der Waals surface area (Å²) in [5, 5.41) is 24.1. The highest BCUT2D eigenvalue weighted by Crippen LogP contribution is 2.32. The molecule has 0 saturated carbocycles. The predicted molar refractivity (Wildman–Crippen MR) is 152 cm³/mol. The van der Waals surface area contributed by atoms with Crippen LogP contribution in [-0.4, -0.2) is 66.0 Å². The standard InChI is InChI=1S/C28H28ClFN8O4/c1-4-42-20-8-18(7-19(30)10-20)23(14-39)33-26(40)15(2)38-13-17-6-5-16(9-21(17)27(38)41)25-22(29)11-31-28(35-25)34-24-12-32-37(3)36-24/h5-12,15,23,39H,4,13-14H2,1-3H3,(H,33,40)(H,31,34,35,36)/t15-,23-/m1/s1. The summed E-state index contributed by atoms with van der Waals surface area (Å²) in [5.74, 6) is -0.418. The van der Waals surface area contributed by atoms with E-state index in [1.54, 1.807) is 45.2 Å². The van der Waals surface area contributed by atoms with E-state index < -0.39 is 30.4 Å². The molecule has 42 heavy (non-hydrogen) atoms. The first-order valence-electron chi connectivity index (χ1n) is 13.1. The Kier molecular flexibility index (Phi) is 8.31. The van der Waals surface area contributed by atoms with Crippen molar-refractivity contribution < 1.29 is 23.8 Å². The van der Waals surface area contributed by atoms with E-state index in [2.05, 4.69) is 30.8 Å². The summed E-state index contributed by atoms with van der Waals surface area (Å²) in [6.45, 7) is 3.43. The van der Waals surface area contributed by atoms with Crippen molar-refractivity contribution in [3.05, 3.63) is 76.3 Å². The smallest absolute Gasteiger partial charge is 0.255 e. The Morgan fingerprint density at radius 3 is 2.76 bits per heavy atom. The molecule has 218 valence electrons. The molecule has 2 aromatic heterocycles. The lowest BCUT2D eigenvalue weighted by molar-refractivity contribution is -0.126. The van der Waals surface area contributed by atoms with Crippen LogP contribution in [-0.2, 0) is 18.4 Å². The van der Waals surface area contributed by atoms with Crippen LogP contribution in [0.5, 0.6) is 5.75 Å². The van der Waals surface area contributed by atoms with Gasteiger partial charge in [0.2, 0.25) is 11.9 Å². The van der Waals surface area contributed by atoms with Crippen LogP contribution in [0.15, 0.2) is 48.8 Å². The van der Waals surface area contributed by atoms with Gasteiger partial charge in [-0.2, -0.15) is 9.90 Å². The Balaban J connectivity index is 1.32. The minimum absolute atomic E-state index is 0.207. The molecule has 2 atom stereocenters. The van der Waals surface area contributed by atoms with E-state index in [4.69, 9.17) is 16.3 Å². The maximum absolute atomic E-state index is 14.1. The van der Waals surface area contributed by atoms with Crippen LogP contribution in [0.2, 0.25) is 5.02 Å². The van der Waals surface area contributed by atoms with Crippen molar-refractivity contribution in [3.8, 4) is 17.0 Å². The van der Waals surface area contributed by atoms with Crippen LogP contribution in [0.1, 0.15) is 41.4 Å². The molecule has 12 nitrogen and oxygen atoms in total. The van der Waals surface area contributed by atoms with Crippen LogP contribution in [0.25, 0.3) is 11.3 Å². The number of rotatable bonds is 10. The molecule has 0 unspecified atom stereocenters. The number of nitrogens with one attached hydrogen (secondary N) is 2. The summed E-state index contributed by atoms with van der Waals surface area (Å²) < 4.78 is 19.5. The highest BCUT2D eigenvalue weighted by Gasteiger charge is 2.35. The highest BCUT2D eigenvalue weighted by molar-refractivity contribution is 6.33. The van der Waals surface area contributed by atoms with E-state index in [0.717, 1.165) is 5.56 Å². The molecule has 3 heterocycles. The van der Waals surface area contributed by atoms with Crippen LogP contribution < -0.4 is 15.4 Å². The SMILES string of the molecule is CCOc1cc(F)cc([C@@H](CO)NC(=O)[C@@H](C)N2Cc3ccc(-c4nc(Nc5cnn(C)n5)ncc4Cl)cc3C2=O)c1. The van der Waals surface area contributed by atoms with Crippen LogP contribution in [0, 0.1) is 5.82 Å². The molecule has 14 heteroatoms. The Morgan fingerprint density at radius 2 is 2.05 bits per heavy atom. The first kappa shape index (κ1) is 28.9. The van der Waals surface area contributed by atoms with Gasteiger partial charge in [0, 0.05) is 30.8 Å². The lowest BCUT2D eigenvalue weighted by atomic mass is 10.0. The largest absolute Gasteiger partial charge is 0.494 e. The van der Waals surface area contributed by atoms with Crippen molar-refractivity contribution in [3.63, 3.8) is 0 Å². The fraction of sp³-hybridized carbons (Fsp3) is 0.286. The topological polar surface area (TPSA) is 147 Å². The maximum atomic E-state index is 14.1. The second-order valence-corrected chi connectivity index (χ2v) is 10.0. The number of aliphatic hydroxyl groups is 1. The number of aliphatic hydroxyl groups excluding tert-OH is 1. The third kappa shape index (κ3) is 6.02. The first-order valence-corrected chi connectivity index (χ1v) is 13.5. The molecule has 0 spiro atoms. The molecule has 1 aliphatic rings. The van der Waals surface area contributed by atoms with Crippen LogP contribution in [0.4, 0.5) is 16.2 Å². The average molecular weight is 595 g/mol. The van der Waals surface area contributed by atoms with Gasteiger partial charge in [-0.05, 0) is 43.2 Å². The van der Waals surface area contributed by atoms with Crippen molar-refractivity contribution in [1.82, 2.24) is 35.2 Å². The number of hydrogen-bond acceptors (Lipinski definition) is 9. The summed E-state index contributed by atoms with van der Waals surface area (Å²) in [6.07, 6.45) is 2.97. The number of ether oxygens (including phenoxy) is 1. The first-order chi connectivity index (χ1) is 20.2. The Hall–Kier alpha value is -4.62. The van der Waals surface area contributed by atoms with E-state index in [1.807, 2.05) is 0 Å². The number of carbonyl (C=O) groups is 2. The second-order valence-electron chi connectivity index (χ2n) is 9.61. The fourth-order valence-electron chi connectivity index (χ4n) is 4.63. The summed E-state index contributed by atoms with van der Waals surface area (Å²) in [5.41, 5.74) is 2.49. The number of carbonyl (C=O) groups excluding carboxylic acids is 2. The van der Waals surface area contributed by atoms with Gasteiger partial charge >= 0.3 is 0 Å². The molecule has 2 amide bonds. The van der Waals surface area contributed by atoms with E-state index in [9.17, 15) is 19.1 Å². The number of benzene rings is 2. The maximum Gasteiger partial charge on any atom is 0.255 e. The predicted octanol–water partition coefficient (Wildman–Crippen LogP) is 3.40. The van der Waals surface area contributed by atoms with Crippen LogP contribution >= 0.6 is 11.6 Å². The highest BCUT2D eigenvalue weighted by atomic mass is 35.5. The summed E-state index contributed by atoms with van der Waals surface area (Å²) in [7, 11) is 1.68. The monoisotopic (exact) mass is 594 g/mol. The van der Waals surface area contributed by atoms with Gasteiger partial charge < -0.3 is 25.4 Å². The van der Waals surface area contributed by atoms with E-state index in [1.165, 1.54) is 34.2 Å². The lowest BCUT2D eigenvalue weighted by Gasteiger charge is -2.26. The average Bonchev–Trinajstić information content (AvgIpc) is 3.53. The minimum Gasteiger partial charge on any atom is -0.494 e. The molecule has 0 fully saturated rings. The Morgan fingerprint density at radius 1 is 1.24 bits per heavy atom. The molecule has 2 aromatic carbocycles. The van der Waals surface area contributed by atoms with Crippen molar-refractivity contribution in [1.29, 1.82) is 0 Å². The molecule has 3 N–H and O–H groups in total. The molecular formula is C28H28ClFN8O4. The van der Waals surface area contributed by atoms with Gasteiger partial charge in [-0.1, -0.05) is 23.7 Å². The fourth-order valence-corrected chi connectivity index (χ4v) is 4.83. The lowest BCUT2D eigenvalue weighted by Crippen LogP contribution is -2.46. The Bertz CT molecular complexity index is 1650. The zero-order valence-corrected chi connectivity index (χ0v) is 23.8. The van der Waals surface area contributed by atoms with Gasteiger partial charge in [-0.25, -0.2) is 14.4 Å². The third-order valence-electron chi connectivity index (χ3n) is 6.75. The molecule has 4 aromatic rings. The quantitative estimate of drug-likeness (QED) is 0.251. The van der Waals surface area contributed by atoms with Gasteiger partial charge in [0.15, 0.2) is 5.82 Å². The summed E-state index contributed by atoms with van der Waals surface area (Å²) in [6, 6.07) is 7.50. The number of fused-ring (bicyclic) bond motifs is 1. The van der Waals surface area contributed by atoms with Gasteiger partial charge in [0.05, 0.1) is 42.4 Å². The van der Waals surface area contributed by atoms with Crippen molar-refractivity contribution >= 4 is 35.2 Å². The van der Waals surface area contributed by atoms with Gasteiger partial charge in [0.1, 0.15) is 17.6 Å². The van der Waals surface area contributed by atoms with Gasteiger partial charge in [-0.3, -0.25) is 9.59 Å². The molecular weight excluding hydrogens is 567 g/mol. The third-order valence-corrected chi connectivity index (χ3v) is 7.03. The van der Waals surface area contributed by atoms with Gasteiger partial charge in [-0.15, -0.1) is 5.10 Å². The second kappa shape index (κ2) is 12.1. The van der Waals surface area contributed by atoms with Crippen molar-refractivity contribution in [2.75, 3.05) is 18.5 Å². The van der Waals surface area contributed by atoms with Crippen molar-refractivity contribution in [2.24, 2.45) is 7.05 Å². The van der Waals surface area contributed by atoms with Gasteiger partial charge in [0.25, 0.3) is 5.91 Å².